The molecule has 0 saturated carbocycles. The second-order valence-electron chi connectivity index (χ2n) is 6.22. The van der Waals surface area contributed by atoms with Crippen LogP contribution in [0.2, 0.25) is 0 Å². The lowest BCUT2D eigenvalue weighted by Gasteiger charge is -2.10. The van der Waals surface area contributed by atoms with Crippen LogP contribution in [0.5, 0.6) is 0 Å². The van der Waals surface area contributed by atoms with E-state index in [2.05, 4.69) is 20.7 Å². The van der Waals surface area contributed by atoms with Gasteiger partial charge in [0.2, 0.25) is 0 Å². The Bertz CT molecular complexity index is 1340. The summed E-state index contributed by atoms with van der Waals surface area (Å²) < 4.78 is 0.598. The number of nitrogens with one attached hydrogen (secondary N) is 3. The normalized spacial score (nSPS) is 10.7. The fourth-order valence-electron chi connectivity index (χ4n) is 2.86. The number of hydrogen-bond acceptors (Lipinski definition) is 6. The number of H-pyrrole nitrogens is 1. The van der Waals surface area contributed by atoms with Crippen molar-refractivity contribution in [2.75, 3.05) is 10.6 Å². The number of rotatable bonds is 5. The third-order valence-corrected chi connectivity index (χ3v) is 5.34. The summed E-state index contributed by atoms with van der Waals surface area (Å²) in [6, 6.07) is 10.7. The number of amides is 2. The standard InChI is InChI=1S/C19H13N5O6S/c25-15(9-4-1-2-5-11(9)21-16(26)12-6-3-7-20-12)22-14-10-8-13(18(27)28)31-17(10)24(23-14)19(29)30/h1-8,20H,(H,21,26)(H,27,28)(H,29,30)(H,22,23,25). The Morgan fingerprint density at radius 1 is 1.00 bits per heavy atom. The summed E-state index contributed by atoms with van der Waals surface area (Å²) in [5, 5.41) is 27.7. The van der Waals surface area contributed by atoms with Gasteiger partial charge >= 0.3 is 12.1 Å². The molecule has 0 radical (unpaired) electrons. The number of carboxylic acid groups (broad SMARTS) is 2. The van der Waals surface area contributed by atoms with E-state index in [0.29, 0.717) is 10.4 Å². The van der Waals surface area contributed by atoms with Crippen molar-refractivity contribution < 1.29 is 29.4 Å². The van der Waals surface area contributed by atoms with Gasteiger partial charge < -0.3 is 25.8 Å². The van der Waals surface area contributed by atoms with Crippen molar-refractivity contribution in [3.8, 4) is 0 Å². The SMILES string of the molecule is O=C(Nc1ccccc1C(=O)Nc1nn(C(=O)O)c2sc(C(=O)O)cc12)c1ccc[nH]1. The van der Waals surface area contributed by atoms with E-state index in [1.54, 1.807) is 30.5 Å². The van der Waals surface area contributed by atoms with Gasteiger partial charge in [-0.1, -0.05) is 12.1 Å². The average molecular weight is 439 g/mol. The highest BCUT2D eigenvalue weighted by Crippen LogP contribution is 2.32. The number of benzene rings is 1. The number of carbonyl (C=O) groups excluding carboxylic acids is 2. The van der Waals surface area contributed by atoms with Crippen molar-refractivity contribution in [2.24, 2.45) is 0 Å². The summed E-state index contributed by atoms with van der Waals surface area (Å²) in [5.41, 5.74) is 0.635. The van der Waals surface area contributed by atoms with Crippen molar-refractivity contribution in [1.82, 2.24) is 14.8 Å². The number of fused-ring (bicyclic) bond motifs is 1. The first-order valence-electron chi connectivity index (χ1n) is 8.69. The number of carboxylic acids is 1. The maximum Gasteiger partial charge on any atom is 0.433 e. The molecule has 0 fully saturated rings. The summed E-state index contributed by atoms with van der Waals surface area (Å²) in [4.78, 5) is 50.6. The molecule has 3 aromatic heterocycles. The molecule has 11 nitrogen and oxygen atoms in total. The first-order valence-corrected chi connectivity index (χ1v) is 9.51. The molecule has 0 aliphatic carbocycles. The maximum atomic E-state index is 12.9. The number of nitrogens with zero attached hydrogens (tertiary/aromatic N) is 2. The predicted octanol–water partition coefficient (Wildman–Crippen LogP) is 3.15. The van der Waals surface area contributed by atoms with Crippen LogP contribution in [0.25, 0.3) is 10.2 Å². The van der Waals surface area contributed by atoms with Crippen LogP contribution in [0.1, 0.15) is 30.5 Å². The number of hydrogen-bond donors (Lipinski definition) is 5. The molecular weight excluding hydrogens is 426 g/mol. The van der Waals surface area contributed by atoms with Gasteiger partial charge in [0.15, 0.2) is 5.82 Å². The molecule has 4 aromatic rings. The van der Waals surface area contributed by atoms with Crippen LogP contribution in [-0.4, -0.2) is 48.9 Å². The number of aromatic carboxylic acids is 1. The van der Waals surface area contributed by atoms with Gasteiger partial charge in [0.1, 0.15) is 15.4 Å². The molecule has 0 unspecified atom stereocenters. The second-order valence-corrected chi connectivity index (χ2v) is 7.25. The number of anilines is 2. The maximum absolute atomic E-state index is 12.9. The minimum absolute atomic E-state index is 0.0635. The van der Waals surface area contributed by atoms with Crippen molar-refractivity contribution in [3.63, 3.8) is 0 Å². The van der Waals surface area contributed by atoms with Crippen LogP contribution < -0.4 is 10.6 Å². The lowest BCUT2D eigenvalue weighted by molar-refractivity contribution is 0.0701. The van der Waals surface area contributed by atoms with Gasteiger partial charge in [0.05, 0.1) is 16.6 Å². The number of para-hydroxylation sites is 1. The fourth-order valence-corrected chi connectivity index (χ4v) is 3.80. The fraction of sp³-hybridized carbons (Fsp3) is 0. The van der Waals surface area contributed by atoms with Crippen LogP contribution in [0.15, 0.2) is 48.7 Å². The molecule has 0 saturated heterocycles. The zero-order valence-corrected chi connectivity index (χ0v) is 16.3. The van der Waals surface area contributed by atoms with Crippen LogP contribution in [0, 0.1) is 0 Å². The number of thiophene rings is 1. The molecule has 0 bridgehead atoms. The van der Waals surface area contributed by atoms with Gasteiger partial charge in [-0.2, -0.15) is 4.68 Å². The van der Waals surface area contributed by atoms with E-state index in [1.165, 1.54) is 18.2 Å². The summed E-state index contributed by atoms with van der Waals surface area (Å²) >= 11 is 0.722. The van der Waals surface area contributed by atoms with E-state index in [0.717, 1.165) is 11.3 Å². The van der Waals surface area contributed by atoms with Crippen LogP contribution in [0.4, 0.5) is 16.3 Å². The zero-order chi connectivity index (χ0) is 22.1. The third kappa shape index (κ3) is 3.74. The highest BCUT2D eigenvalue weighted by Gasteiger charge is 2.23. The van der Waals surface area contributed by atoms with Crippen LogP contribution in [-0.2, 0) is 0 Å². The number of aromatic amines is 1. The summed E-state index contributed by atoms with van der Waals surface area (Å²) in [6.45, 7) is 0. The minimum Gasteiger partial charge on any atom is -0.477 e. The lowest BCUT2D eigenvalue weighted by atomic mass is 10.1. The number of carbonyl (C=O) groups is 4. The molecule has 3 heterocycles. The Morgan fingerprint density at radius 2 is 1.77 bits per heavy atom. The predicted molar refractivity (Wildman–Crippen MR) is 111 cm³/mol. The Kier molecular flexibility index (Phi) is 4.97. The molecule has 0 aliphatic rings. The van der Waals surface area contributed by atoms with Gasteiger partial charge in [-0.3, -0.25) is 9.59 Å². The van der Waals surface area contributed by atoms with Gasteiger partial charge in [-0.15, -0.1) is 16.4 Å². The van der Waals surface area contributed by atoms with Crippen LogP contribution >= 0.6 is 11.3 Å². The summed E-state index contributed by atoms with van der Waals surface area (Å²) in [7, 11) is 0. The first kappa shape index (κ1) is 19.8. The van der Waals surface area contributed by atoms with Crippen molar-refractivity contribution in [2.45, 2.75) is 0 Å². The van der Waals surface area contributed by atoms with Crippen molar-refractivity contribution >= 4 is 56.9 Å². The average Bonchev–Trinajstić information content (AvgIpc) is 3.46. The van der Waals surface area contributed by atoms with E-state index in [1.807, 2.05) is 0 Å². The van der Waals surface area contributed by atoms with E-state index in [-0.39, 0.29) is 32.2 Å². The molecule has 0 spiro atoms. The van der Waals surface area contributed by atoms with Gasteiger partial charge in [-0.05, 0) is 30.3 Å². The summed E-state index contributed by atoms with van der Waals surface area (Å²) in [5.74, 6) is -2.46. The van der Waals surface area contributed by atoms with E-state index < -0.39 is 23.9 Å². The Labute approximate surface area is 176 Å². The summed E-state index contributed by atoms with van der Waals surface area (Å²) in [6.07, 6.45) is 0.159. The molecule has 12 heteroatoms. The molecule has 0 atom stereocenters. The Hall–Kier alpha value is -4.45. The van der Waals surface area contributed by atoms with Crippen molar-refractivity contribution in [1.29, 1.82) is 0 Å². The molecule has 0 aliphatic heterocycles. The molecule has 2 amide bonds. The van der Waals surface area contributed by atoms with Crippen molar-refractivity contribution in [3.05, 3.63) is 64.8 Å². The Morgan fingerprint density at radius 3 is 2.45 bits per heavy atom. The minimum atomic E-state index is -1.43. The first-order chi connectivity index (χ1) is 14.8. The molecular formula is C19H13N5O6S. The van der Waals surface area contributed by atoms with E-state index in [4.69, 9.17) is 0 Å². The third-order valence-electron chi connectivity index (χ3n) is 4.25. The highest BCUT2D eigenvalue weighted by atomic mass is 32.1. The van der Waals surface area contributed by atoms with E-state index >= 15 is 0 Å². The molecule has 1 aromatic carbocycles. The van der Waals surface area contributed by atoms with Gasteiger partial charge in [0, 0.05) is 6.20 Å². The zero-order valence-electron chi connectivity index (χ0n) is 15.4. The van der Waals surface area contributed by atoms with Gasteiger partial charge in [-0.25, -0.2) is 9.59 Å². The smallest absolute Gasteiger partial charge is 0.433 e. The largest absolute Gasteiger partial charge is 0.477 e. The molecule has 4 rings (SSSR count). The highest BCUT2D eigenvalue weighted by molar-refractivity contribution is 7.20. The Balaban J connectivity index is 1.66. The molecule has 5 N–H and O–H groups in total. The van der Waals surface area contributed by atoms with Crippen LogP contribution in [0.3, 0.4) is 0 Å². The lowest BCUT2D eigenvalue weighted by Crippen LogP contribution is -2.19. The topological polar surface area (TPSA) is 166 Å². The number of aromatic nitrogens is 3. The monoisotopic (exact) mass is 439 g/mol. The quantitative estimate of drug-likeness (QED) is 0.318. The molecule has 156 valence electrons. The van der Waals surface area contributed by atoms with Gasteiger partial charge in [0.25, 0.3) is 11.8 Å². The van der Waals surface area contributed by atoms with E-state index in [9.17, 15) is 29.4 Å². The molecule has 31 heavy (non-hydrogen) atoms. The second kappa shape index (κ2) is 7.76.